The van der Waals surface area contributed by atoms with Gasteiger partial charge in [-0.3, -0.25) is 4.79 Å². The lowest BCUT2D eigenvalue weighted by molar-refractivity contribution is 0.0446. The molecule has 1 fully saturated rings. The topological polar surface area (TPSA) is 61.5 Å². The van der Waals surface area contributed by atoms with Crippen LogP contribution in [0.1, 0.15) is 23.2 Å². The number of benzene rings is 1. The molecule has 2 N–H and O–H groups in total. The quantitative estimate of drug-likeness (QED) is 0.830. The van der Waals surface area contributed by atoms with E-state index in [0.29, 0.717) is 31.8 Å². The highest BCUT2D eigenvalue weighted by atomic mass is 19.1. The zero-order valence-corrected chi connectivity index (χ0v) is 10.2. The summed E-state index contributed by atoms with van der Waals surface area (Å²) in [6.07, 6.45) is 0.872. The van der Waals surface area contributed by atoms with E-state index < -0.39 is 11.4 Å². The van der Waals surface area contributed by atoms with E-state index in [1.54, 1.807) is 0 Å². The Morgan fingerprint density at radius 1 is 1.44 bits per heavy atom. The van der Waals surface area contributed by atoms with Crippen molar-refractivity contribution in [3.8, 4) is 5.75 Å². The molecule has 1 aromatic carbocycles. The van der Waals surface area contributed by atoms with Crippen molar-refractivity contribution < 1.29 is 18.7 Å². The van der Waals surface area contributed by atoms with Crippen molar-refractivity contribution in [2.75, 3.05) is 20.3 Å². The Morgan fingerprint density at radius 3 is 2.72 bits per heavy atom. The molecule has 0 unspecified atom stereocenters. The normalized spacial score (nSPS) is 18.4. The van der Waals surface area contributed by atoms with Crippen molar-refractivity contribution in [3.63, 3.8) is 0 Å². The molecule has 0 radical (unpaired) electrons. The summed E-state index contributed by atoms with van der Waals surface area (Å²) in [5, 5.41) is 0. The van der Waals surface area contributed by atoms with Gasteiger partial charge in [-0.2, -0.15) is 0 Å². The predicted molar refractivity (Wildman–Crippen MR) is 64.3 cm³/mol. The number of nitrogens with two attached hydrogens (primary N) is 1. The number of methoxy groups -OCH3 is 1. The van der Waals surface area contributed by atoms with E-state index in [1.165, 1.54) is 25.3 Å². The van der Waals surface area contributed by atoms with Gasteiger partial charge in [-0.1, -0.05) is 0 Å². The largest absolute Gasteiger partial charge is 0.496 e. The number of ketones is 1. The first-order valence-electron chi connectivity index (χ1n) is 5.82. The van der Waals surface area contributed by atoms with Crippen LogP contribution in [0.25, 0.3) is 0 Å². The second kappa shape index (κ2) is 5.04. The number of halogens is 1. The van der Waals surface area contributed by atoms with E-state index in [4.69, 9.17) is 15.2 Å². The van der Waals surface area contributed by atoms with Gasteiger partial charge in [0.05, 0.1) is 18.2 Å². The first-order chi connectivity index (χ1) is 8.57. The Bertz CT molecular complexity index is 456. The lowest BCUT2D eigenvalue weighted by atomic mass is 9.83. The van der Waals surface area contributed by atoms with Crippen LogP contribution in [-0.2, 0) is 4.74 Å². The van der Waals surface area contributed by atoms with Gasteiger partial charge in [-0.25, -0.2) is 4.39 Å². The molecule has 0 amide bonds. The summed E-state index contributed by atoms with van der Waals surface area (Å²) < 4.78 is 23.5. The smallest absolute Gasteiger partial charge is 0.186 e. The molecule has 1 heterocycles. The van der Waals surface area contributed by atoms with Crippen LogP contribution in [-0.4, -0.2) is 31.6 Å². The Balaban J connectivity index is 2.35. The first kappa shape index (κ1) is 13.0. The fourth-order valence-electron chi connectivity index (χ4n) is 2.09. The van der Waals surface area contributed by atoms with Gasteiger partial charge in [0.2, 0.25) is 0 Å². The molecule has 0 aromatic heterocycles. The van der Waals surface area contributed by atoms with Crippen molar-refractivity contribution in [2.24, 2.45) is 5.73 Å². The zero-order chi connectivity index (χ0) is 13.2. The molecular weight excluding hydrogens is 237 g/mol. The van der Waals surface area contributed by atoms with Gasteiger partial charge in [0.1, 0.15) is 11.6 Å². The predicted octanol–water partition coefficient (Wildman–Crippen LogP) is 1.52. The van der Waals surface area contributed by atoms with Crippen LogP contribution < -0.4 is 10.5 Å². The van der Waals surface area contributed by atoms with E-state index in [1.807, 2.05) is 0 Å². The van der Waals surface area contributed by atoms with Crippen molar-refractivity contribution in [1.82, 2.24) is 0 Å². The average molecular weight is 253 g/mol. The van der Waals surface area contributed by atoms with E-state index >= 15 is 0 Å². The van der Waals surface area contributed by atoms with Crippen LogP contribution in [0.4, 0.5) is 4.39 Å². The number of carbonyl (C=O) groups is 1. The highest BCUT2D eigenvalue weighted by Crippen LogP contribution is 2.28. The second-order valence-corrected chi connectivity index (χ2v) is 4.44. The molecule has 0 atom stereocenters. The number of ether oxygens (including phenoxy) is 2. The van der Waals surface area contributed by atoms with Gasteiger partial charge in [-0.05, 0) is 31.0 Å². The summed E-state index contributed by atoms with van der Waals surface area (Å²) in [6, 6.07) is 3.86. The number of carbonyl (C=O) groups excluding carboxylic acids is 1. The van der Waals surface area contributed by atoms with E-state index in [0.717, 1.165) is 0 Å². The number of hydrogen-bond donors (Lipinski definition) is 1. The molecule has 0 aliphatic carbocycles. The first-order valence-corrected chi connectivity index (χ1v) is 5.82. The summed E-state index contributed by atoms with van der Waals surface area (Å²) in [5.74, 6) is -0.422. The minimum absolute atomic E-state index is 0.196. The van der Waals surface area contributed by atoms with E-state index in [9.17, 15) is 9.18 Å². The molecule has 4 nitrogen and oxygen atoms in total. The summed E-state index contributed by atoms with van der Waals surface area (Å²) >= 11 is 0. The molecule has 98 valence electrons. The third kappa shape index (κ3) is 2.37. The van der Waals surface area contributed by atoms with E-state index in [-0.39, 0.29) is 11.3 Å². The van der Waals surface area contributed by atoms with Crippen molar-refractivity contribution in [1.29, 1.82) is 0 Å². The molecule has 2 rings (SSSR count). The third-order valence-corrected chi connectivity index (χ3v) is 3.24. The lowest BCUT2D eigenvalue weighted by Gasteiger charge is -2.32. The van der Waals surface area contributed by atoms with Crippen molar-refractivity contribution in [3.05, 3.63) is 29.6 Å². The molecular formula is C13H16FNO3. The molecule has 0 spiro atoms. The summed E-state index contributed by atoms with van der Waals surface area (Å²) in [4.78, 5) is 12.4. The average Bonchev–Trinajstić information content (AvgIpc) is 2.38. The maximum atomic E-state index is 13.3. The molecule has 0 bridgehead atoms. The molecule has 18 heavy (non-hydrogen) atoms. The minimum atomic E-state index is -0.987. The highest BCUT2D eigenvalue weighted by molar-refractivity contribution is 6.05. The van der Waals surface area contributed by atoms with Crippen LogP contribution in [0.15, 0.2) is 18.2 Å². The molecule has 1 aliphatic rings. The van der Waals surface area contributed by atoms with E-state index in [2.05, 4.69) is 0 Å². The Hall–Kier alpha value is -1.46. The fourth-order valence-corrected chi connectivity index (χ4v) is 2.09. The number of hydrogen-bond acceptors (Lipinski definition) is 4. The van der Waals surface area contributed by atoms with Gasteiger partial charge < -0.3 is 15.2 Å². The molecule has 1 saturated heterocycles. The fraction of sp³-hybridized carbons (Fsp3) is 0.462. The van der Waals surface area contributed by atoms with Crippen LogP contribution >= 0.6 is 0 Å². The minimum Gasteiger partial charge on any atom is -0.496 e. The Morgan fingerprint density at radius 2 is 2.11 bits per heavy atom. The lowest BCUT2D eigenvalue weighted by Crippen LogP contribution is -2.52. The number of Topliss-reactive ketones (excluding diaryl/α,β-unsaturated/α-hetero) is 1. The van der Waals surface area contributed by atoms with Crippen molar-refractivity contribution in [2.45, 2.75) is 18.4 Å². The van der Waals surface area contributed by atoms with Crippen LogP contribution in [0.5, 0.6) is 5.75 Å². The Kier molecular flexibility index (Phi) is 3.63. The standard InChI is InChI=1S/C13H16FNO3/c1-17-11-3-2-9(14)8-10(11)12(16)13(15)4-6-18-7-5-13/h2-3,8H,4-7,15H2,1H3. The summed E-state index contributed by atoms with van der Waals surface area (Å²) in [6.45, 7) is 0.889. The second-order valence-electron chi connectivity index (χ2n) is 4.44. The molecule has 1 aliphatic heterocycles. The third-order valence-electron chi connectivity index (χ3n) is 3.24. The maximum absolute atomic E-state index is 13.3. The monoisotopic (exact) mass is 253 g/mol. The molecule has 5 heteroatoms. The van der Waals surface area contributed by atoms with Gasteiger partial charge >= 0.3 is 0 Å². The summed E-state index contributed by atoms with van der Waals surface area (Å²) in [7, 11) is 1.44. The van der Waals surface area contributed by atoms with Gasteiger partial charge in [-0.15, -0.1) is 0 Å². The highest BCUT2D eigenvalue weighted by Gasteiger charge is 2.37. The number of rotatable bonds is 3. The van der Waals surface area contributed by atoms with Gasteiger partial charge in [0, 0.05) is 13.2 Å². The van der Waals surface area contributed by atoms with Crippen molar-refractivity contribution >= 4 is 5.78 Å². The van der Waals surface area contributed by atoms with Crippen LogP contribution in [0.3, 0.4) is 0 Å². The SMILES string of the molecule is COc1ccc(F)cc1C(=O)C1(N)CCOCC1. The molecule has 0 saturated carbocycles. The van der Waals surface area contributed by atoms with Gasteiger partial charge in [0.15, 0.2) is 5.78 Å². The Labute approximate surface area is 105 Å². The zero-order valence-electron chi connectivity index (χ0n) is 10.2. The van der Waals surface area contributed by atoms with Gasteiger partial charge in [0.25, 0.3) is 0 Å². The molecule has 1 aromatic rings. The van der Waals surface area contributed by atoms with Crippen LogP contribution in [0.2, 0.25) is 0 Å². The maximum Gasteiger partial charge on any atom is 0.186 e. The van der Waals surface area contributed by atoms with Crippen LogP contribution in [0, 0.1) is 5.82 Å². The summed E-state index contributed by atoms with van der Waals surface area (Å²) in [5.41, 5.74) is 5.31.